The molecule has 1 N–H and O–H groups in total. The minimum absolute atomic E-state index is 0.195. The molecule has 0 radical (unpaired) electrons. The zero-order valence-electron chi connectivity index (χ0n) is 9.79. The van der Waals surface area contributed by atoms with E-state index in [1.165, 1.54) is 0 Å². The van der Waals surface area contributed by atoms with E-state index in [-0.39, 0.29) is 11.5 Å². The van der Waals surface area contributed by atoms with Crippen LogP contribution in [0.15, 0.2) is 24.5 Å². The van der Waals surface area contributed by atoms with E-state index >= 15 is 0 Å². The zero-order valence-corrected chi connectivity index (χ0v) is 9.79. The molecule has 0 fully saturated rings. The fourth-order valence-electron chi connectivity index (χ4n) is 1.58. The van der Waals surface area contributed by atoms with Crippen LogP contribution in [0.3, 0.4) is 0 Å². The molecule has 0 atom stereocenters. The Hall–Kier alpha value is -2.65. The highest BCUT2D eigenvalue weighted by Crippen LogP contribution is 2.20. The average Bonchev–Trinajstić information content (AvgIpc) is 3.05. The Morgan fingerprint density at radius 1 is 1.20 bits per heavy atom. The van der Waals surface area contributed by atoms with Crippen LogP contribution in [0.1, 0.15) is 0 Å². The first-order valence-corrected chi connectivity index (χ1v) is 5.44. The van der Waals surface area contributed by atoms with Crippen LogP contribution >= 0.6 is 0 Å². The molecule has 0 aliphatic carbocycles. The summed E-state index contributed by atoms with van der Waals surface area (Å²) in [5.41, 5.74) is 0.529. The Bertz CT molecular complexity index is 720. The first kappa shape index (κ1) is 12.4. The maximum atomic E-state index is 12.2. The molecule has 0 aliphatic rings. The molecule has 3 rings (SSSR count). The molecule has 7 nitrogen and oxygen atoms in total. The summed E-state index contributed by atoms with van der Waals surface area (Å²) in [7, 11) is 0. The van der Waals surface area contributed by atoms with Gasteiger partial charge in [0.15, 0.2) is 23.6 Å². The molecule has 0 bridgehead atoms. The number of H-pyrrole nitrogens is 1. The Kier molecular flexibility index (Phi) is 2.77. The van der Waals surface area contributed by atoms with Crippen LogP contribution in [-0.2, 0) is 0 Å². The second-order valence-corrected chi connectivity index (χ2v) is 3.83. The molecule has 0 aliphatic heterocycles. The van der Waals surface area contributed by atoms with Crippen molar-refractivity contribution in [2.24, 2.45) is 0 Å². The second kappa shape index (κ2) is 4.47. The molecule has 20 heavy (non-hydrogen) atoms. The highest BCUT2D eigenvalue weighted by molar-refractivity contribution is 5.77. The Balaban J connectivity index is 2.02. The molecule has 0 spiro atoms. The van der Waals surface area contributed by atoms with Crippen LogP contribution in [0.2, 0.25) is 0 Å². The van der Waals surface area contributed by atoms with E-state index in [1.807, 2.05) is 0 Å². The van der Waals surface area contributed by atoms with Crippen molar-refractivity contribution < 1.29 is 17.9 Å². The van der Waals surface area contributed by atoms with Crippen molar-refractivity contribution in [2.75, 3.05) is 6.61 Å². The van der Waals surface area contributed by atoms with E-state index in [9.17, 15) is 13.2 Å². The van der Waals surface area contributed by atoms with Gasteiger partial charge in [-0.2, -0.15) is 23.1 Å². The number of rotatable bonds is 3. The third kappa shape index (κ3) is 2.39. The van der Waals surface area contributed by atoms with Gasteiger partial charge in [0.05, 0.1) is 0 Å². The summed E-state index contributed by atoms with van der Waals surface area (Å²) in [5.74, 6) is 0.283. The van der Waals surface area contributed by atoms with Crippen LogP contribution in [0.4, 0.5) is 13.2 Å². The van der Waals surface area contributed by atoms with Crippen molar-refractivity contribution in [2.45, 2.75) is 6.18 Å². The Morgan fingerprint density at radius 2 is 1.95 bits per heavy atom. The largest absolute Gasteiger partial charge is 0.454 e. The average molecular weight is 284 g/mol. The number of aromatic amines is 1. The third-order valence-corrected chi connectivity index (χ3v) is 2.36. The molecule has 3 aromatic heterocycles. The first-order valence-electron chi connectivity index (χ1n) is 5.44. The van der Waals surface area contributed by atoms with Crippen molar-refractivity contribution in [1.82, 2.24) is 29.9 Å². The quantitative estimate of drug-likeness (QED) is 0.787. The van der Waals surface area contributed by atoms with Gasteiger partial charge >= 0.3 is 12.2 Å². The fraction of sp³-hybridized carbons (Fsp3) is 0.200. The van der Waals surface area contributed by atoms with Gasteiger partial charge in [-0.1, -0.05) is 5.21 Å². The van der Waals surface area contributed by atoms with E-state index in [1.54, 1.807) is 29.1 Å². The number of ether oxygens (including phenoxy) is 1. The zero-order chi connectivity index (χ0) is 14.2. The van der Waals surface area contributed by atoms with Gasteiger partial charge in [0, 0.05) is 12.4 Å². The maximum Gasteiger partial charge on any atom is 0.422 e. The van der Waals surface area contributed by atoms with Crippen LogP contribution in [0, 0.1) is 0 Å². The fourth-order valence-corrected chi connectivity index (χ4v) is 1.58. The smallest absolute Gasteiger partial charge is 0.422 e. The molecule has 0 unspecified atom stereocenters. The highest BCUT2D eigenvalue weighted by atomic mass is 19.4. The Morgan fingerprint density at radius 3 is 2.65 bits per heavy atom. The van der Waals surface area contributed by atoms with Gasteiger partial charge in [0.2, 0.25) is 0 Å². The number of fused-ring (bicyclic) bond motifs is 1. The molecule has 104 valence electrons. The molecule has 3 heterocycles. The minimum Gasteiger partial charge on any atom is -0.454 e. The summed E-state index contributed by atoms with van der Waals surface area (Å²) in [6, 6.07) is 3.08. The molecule has 0 saturated carbocycles. The molecule has 0 saturated heterocycles. The van der Waals surface area contributed by atoms with Gasteiger partial charge in [0.1, 0.15) is 0 Å². The van der Waals surface area contributed by atoms with Crippen LogP contribution in [0.5, 0.6) is 6.01 Å². The van der Waals surface area contributed by atoms with Crippen molar-refractivity contribution in [3.8, 4) is 11.8 Å². The number of halogens is 3. The van der Waals surface area contributed by atoms with E-state index in [2.05, 4.69) is 30.1 Å². The number of nitrogens with one attached hydrogen (secondary N) is 1. The lowest BCUT2D eigenvalue weighted by Crippen LogP contribution is -2.20. The number of hydrogen-bond acceptors (Lipinski definition) is 5. The molecule has 0 amide bonds. The summed E-state index contributed by atoms with van der Waals surface area (Å²) in [4.78, 5) is 7.71. The van der Waals surface area contributed by atoms with Crippen LogP contribution in [-0.4, -0.2) is 42.7 Å². The monoisotopic (exact) mass is 284 g/mol. The standard InChI is InChI=1S/C10H7F3N6O/c11-10(12,13)5-20-9-14-7-6(16-18-17-7)8(15-9)19-3-1-2-4-19/h1-4H,5H2,(H,14,15,16,17,18). The van der Waals surface area contributed by atoms with Gasteiger partial charge in [-0.25, -0.2) is 5.10 Å². The third-order valence-electron chi connectivity index (χ3n) is 2.36. The van der Waals surface area contributed by atoms with Crippen molar-refractivity contribution in [3.05, 3.63) is 24.5 Å². The van der Waals surface area contributed by atoms with E-state index in [0.717, 1.165) is 0 Å². The van der Waals surface area contributed by atoms with E-state index in [0.29, 0.717) is 5.52 Å². The van der Waals surface area contributed by atoms with E-state index < -0.39 is 18.8 Å². The summed E-state index contributed by atoms with van der Waals surface area (Å²) in [6.45, 7) is -1.47. The lowest BCUT2D eigenvalue weighted by atomic mass is 10.5. The molecular weight excluding hydrogens is 277 g/mol. The lowest BCUT2D eigenvalue weighted by molar-refractivity contribution is -0.154. The van der Waals surface area contributed by atoms with Crippen molar-refractivity contribution in [3.63, 3.8) is 0 Å². The summed E-state index contributed by atoms with van der Waals surface area (Å²) in [6.07, 6.45) is -1.12. The maximum absolute atomic E-state index is 12.2. The second-order valence-electron chi connectivity index (χ2n) is 3.83. The van der Waals surface area contributed by atoms with Gasteiger partial charge in [0.25, 0.3) is 0 Å². The van der Waals surface area contributed by atoms with Crippen molar-refractivity contribution in [1.29, 1.82) is 0 Å². The summed E-state index contributed by atoms with van der Waals surface area (Å²) < 4.78 is 42.6. The predicted molar refractivity (Wildman–Crippen MR) is 60.4 cm³/mol. The number of alkyl halides is 3. The first-order chi connectivity index (χ1) is 9.53. The number of hydrogen-bond donors (Lipinski definition) is 1. The molecular formula is C10H7F3N6O. The summed E-state index contributed by atoms with van der Waals surface area (Å²) >= 11 is 0. The molecule has 0 aromatic carbocycles. The highest BCUT2D eigenvalue weighted by Gasteiger charge is 2.29. The Labute approximate surface area is 109 Å². The van der Waals surface area contributed by atoms with Gasteiger partial charge in [-0.15, -0.1) is 5.10 Å². The van der Waals surface area contributed by atoms with E-state index in [4.69, 9.17) is 0 Å². The number of aromatic nitrogens is 6. The molecule has 10 heteroatoms. The number of nitrogens with zero attached hydrogens (tertiary/aromatic N) is 5. The molecule has 3 aromatic rings. The van der Waals surface area contributed by atoms with Gasteiger partial charge in [-0.05, 0) is 12.1 Å². The normalized spacial score (nSPS) is 11.9. The predicted octanol–water partition coefficient (Wildman–Crippen LogP) is 1.48. The van der Waals surface area contributed by atoms with Crippen molar-refractivity contribution >= 4 is 11.2 Å². The minimum atomic E-state index is -4.46. The topological polar surface area (TPSA) is 81.5 Å². The van der Waals surface area contributed by atoms with Gasteiger partial charge < -0.3 is 9.30 Å². The van der Waals surface area contributed by atoms with Crippen LogP contribution < -0.4 is 4.74 Å². The lowest BCUT2D eigenvalue weighted by Gasteiger charge is -2.09. The summed E-state index contributed by atoms with van der Waals surface area (Å²) in [5, 5.41) is 9.82. The van der Waals surface area contributed by atoms with Gasteiger partial charge in [-0.3, -0.25) is 0 Å². The van der Waals surface area contributed by atoms with Crippen LogP contribution in [0.25, 0.3) is 17.0 Å². The SMILES string of the molecule is FC(F)(F)COc1nc(-n2cccc2)c2nn[nH]c2n1.